The minimum Gasteiger partial charge on any atom is -0.245 e. The summed E-state index contributed by atoms with van der Waals surface area (Å²) in [4.78, 5) is 8.56. The van der Waals surface area contributed by atoms with Crippen molar-refractivity contribution in [2.45, 2.75) is 13.8 Å². The molecule has 0 fully saturated rings. The van der Waals surface area contributed by atoms with Crippen molar-refractivity contribution in [3.05, 3.63) is 53.1 Å². The van der Waals surface area contributed by atoms with Crippen molar-refractivity contribution >= 4 is 23.4 Å². The molecule has 1 aromatic carbocycles. The first-order valence-electron chi connectivity index (χ1n) is 6.48. The van der Waals surface area contributed by atoms with Gasteiger partial charge in [-0.3, -0.25) is 0 Å². The van der Waals surface area contributed by atoms with E-state index in [9.17, 15) is 4.39 Å². The Labute approximate surface area is 127 Å². The molecule has 4 nitrogen and oxygen atoms in total. The summed E-state index contributed by atoms with van der Waals surface area (Å²) in [6, 6.07) is 8.19. The third-order valence-electron chi connectivity index (χ3n) is 2.73. The molecule has 0 saturated heterocycles. The Kier molecular flexibility index (Phi) is 5.27. The molecule has 21 heavy (non-hydrogen) atoms. The van der Waals surface area contributed by atoms with Crippen LogP contribution in [0, 0.1) is 19.7 Å². The SMILES string of the molecule is CSCC(=NNc1nc(C)cc(C)n1)c1ccc(F)cc1. The average molecular weight is 304 g/mol. The lowest BCUT2D eigenvalue weighted by Crippen LogP contribution is -2.09. The van der Waals surface area contributed by atoms with E-state index in [1.165, 1.54) is 12.1 Å². The molecule has 1 heterocycles. The summed E-state index contributed by atoms with van der Waals surface area (Å²) in [5.74, 6) is 0.921. The molecule has 2 rings (SSSR count). The lowest BCUT2D eigenvalue weighted by Gasteiger charge is -2.07. The number of aryl methyl sites for hydroxylation is 2. The van der Waals surface area contributed by atoms with E-state index in [4.69, 9.17) is 0 Å². The second-order valence-electron chi connectivity index (χ2n) is 4.58. The van der Waals surface area contributed by atoms with Crippen LogP contribution in [0.5, 0.6) is 0 Å². The van der Waals surface area contributed by atoms with Crippen LogP contribution in [-0.4, -0.2) is 27.7 Å². The number of anilines is 1. The second-order valence-corrected chi connectivity index (χ2v) is 5.45. The molecule has 0 aliphatic rings. The first kappa shape index (κ1) is 15.4. The number of hydrazone groups is 1. The third-order valence-corrected chi connectivity index (χ3v) is 3.29. The molecule has 0 spiro atoms. The van der Waals surface area contributed by atoms with Crippen LogP contribution < -0.4 is 5.43 Å². The smallest absolute Gasteiger partial charge is 0.243 e. The van der Waals surface area contributed by atoms with Gasteiger partial charge in [0.05, 0.1) is 5.71 Å². The zero-order valence-electron chi connectivity index (χ0n) is 12.2. The van der Waals surface area contributed by atoms with Crippen LogP contribution in [0.2, 0.25) is 0 Å². The fourth-order valence-electron chi connectivity index (χ4n) is 1.85. The molecule has 1 aromatic heterocycles. The van der Waals surface area contributed by atoms with E-state index >= 15 is 0 Å². The number of aromatic nitrogens is 2. The van der Waals surface area contributed by atoms with Crippen LogP contribution in [-0.2, 0) is 0 Å². The fourth-order valence-corrected chi connectivity index (χ4v) is 2.36. The van der Waals surface area contributed by atoms with E-state index in [-0.39, 0.29) is 5.82 Å². The van der Waals surface area contributed by atoms with Crippen molar-refractivity contribution in [2.24, 2.45) is 5.10 Å². The molecule has 110 valence electrons. The number of benzene rings is 1. The highest BCUT2D eigenvalue weighted by atomic mass is 32.2. The van der Waals surface area contributed by atoms with Gasteiger partial charge in [0, 0.05) is 17.1 Å². The van der Waals surface area contributed by atoms with Crippen LogP contribution in [0.1, 0.15) is 17.0 Å². The molecule has 0 bridgehead atoms. The monoisotopic (exact) mass is 304 g/mol. The molecule has 0 aliphatic heterocycles. The minimum absolute atomic E-state index is 0.257. The van der Waals surface area contributed by atoms with Crippen LogP contribution in [0.4, 0.5) is 10.3 Å². The summed E-state index contributed by atoms with van der Waals surface area (Å²) >= 11 is 1.64. The molecule has 0 atom stereocenters. The second kappa shape index (κ2) is 7.17. The normalized spacial score (nSPS) is 11.5. The van der Waals surface area contributed by atoms with Gasteiger partial charge in [-0.05, 0) is 43.9 Å². The number of nitrogens with zero attached hydrogens (tertiary/aromatic N) is 3. The van der Waals surface area contributed by atoms with Gasteiger partial charge in [0.25, 0.3) is 0 Å². The Bertz CT molecular complexity index is 620. The predicted molar refractivity (Wildman–Crippen MR) is 86.4 cm³/mol. The van der Waals surface area contributed by atoms with Crippen molar-refractivity contribution in [3.8, 4) is 0 Å². The van der Waals surface area contributed by atoms with Crippen molar-refractivity contribution in [1.29, 1.82) is 0 Å². The van der Waals surface area contributed by atoms with Gasteiger partial charge in [0.1, 0.15) is 5.82 Å². The quantitative estimate of drug-likeness (QED) is 0.679. The molecule has 0 unspecified atom stereocenters. The van der Waals surface area contributed by atoms with Crippen LogP contribution in [0.15, 0.2) is 35.4 Å². The number of hydrogen-bond donors (Lipinski definition) is 1. The molecular formula is C15H17FN4S. The maximum Gasteiger partial charge on any atom is 0.243 e. The van der Waals surface area contributed by atoms with Gasteiger partial charge in [0.15, 0.2) is 0 Å². The molecular weight excluding hydrogens is 287 g/mol. The van der Waals surface area contributed by atoms with Crippen molar-refractivity contribution in [1.82, 2.24) is 9.97 Å². The highest BCUT2D eigenvalue weighted by Crippen LogP contribution is 2.10. The summed E-state index contributed by atoms with van der Waals surface area (Å²) in [6.07, 6.45) is 1.99. The van der Waals surface area contributed by atoms with Gasteiger partial charge in [-0.2, -0.15) is 16.9 Å². The van der Waals surface area contributed by atoms with Gasteiger partial charge < -0.3 is 0 Å². The van der Waals surface area contributed by atoms with E-state index in [2.05, 4.69) is 20.5 Å². The van der Waals surface area contributed by atoms with Gasteiger partial charge >= 0.3 is 0 Å². The first-order valence-corrected chi connectivity index (χ1v) is 7.87. The van der Waals surface area contributed by atoms with Crippen LogP contribution in [0.3, 0.4) is 0 Å². The highest BCUT2D eigenvalue weighted by molar-refractivity contribution is 7.99. The van der Waals surface area contributed by atoms with E-state index in [1.807, 2.05) is 26.2 Å². The van der Waals surface area contributed by atoms with Gasteiger partial charge in [0.2, 0.25) is 5.95 Å². The average Bonchev–Trinajstić information content (AvgIpc) is 2.43. The number of nitrogens with one attached hydrogen (secondary N) is 1. The Morgan fingerprint density at radius 2 is 1.81 bits per heavy atom. The van der Waals surface area contributed by atoms with Crippen LogP contribution in [0.25, 0.3) is 0 Å². The number of hydrogen-bond acceptors (Lipinski definition) is 5. The van der Waals surface area contributed by atoms with Gasteiger partial charge in [-0.25, -0.2) is 19.8 Å². The third kappa shape index (κ3) is 4.53. The topological polar surface area (TPSA) is 50.2 Å². The summed E-state index contributed by atoms with van der Waals surface area (Å²) in [5, 5.41) is 4.36. The van der Waals surface area contributed by atoms with E-state index in [0.29, 0.717) is 11.7 Å². The molecule has 2 aromatic rings. The highest BCUT2D eigenvalue weighted by Gasteiger charge is 2.05. The lowest BCUT2D eigenvalue weighted by molar-refractivity contribution is 0.628. The molecule has 1 N–H and O–H groups in total. The summed E-state index contributed by atoms with van der Waals surface area (Å²) in [5.41, 5.74) is 6.35. The Balaban J connectivity index is 2.23. The standard InChI is InChI=1S/C15H17FN4S/c1-10-8-11(2)18-15(17-10)20-19-14(9-21-3)12-4-6-13(16)7-5-12/h4-8H,9H2,1-3H3,(H,17,18,20). The maximum absolute atomic E-state index is 13.0. The molecule has 0 saturated carbocycles. The summed E-state index contributed by atoms with van der Waals surface area (Å²) < 4.78 is 13.0. The first-order chi connectivity index (χ1) is 10.1. The molecule has 0 radical (unpaired) electrons. The summed E-state index contributed by atoms with van der Waals surface area (Å²) in [6.45, 7) is 3.82. The van der Waals surface area contributed by atoms with Gasteiger partial charge in [-0.1, -0.05) is 12.1 Å². The van der Waals surface area contributed by atoms with Gasteiger partial charge in [-0.15, -0.1) is 0 Å². The number of thioether (sulfide) groups is 1. The van der Waals surface area contributed by atoms with Crippen molar-refractivity contribution in [3.63, 3.8) is 0 Å². The molecule has 0 amide bonds. The van der Waals surface area contributed by atoms with Crippen molar-refractivity contribution in [2.75, 3.05) is 17.4 Å². The fraction of sp³-hybridized carbons (Fsp3) is 0.267. The zero-order chi connectivity index (χ0) is 15.2. The van der Waals surface area contributed by atoms with Crippen LogP contribution >= 0.6 is 11.8 Å². The lowest BCUT2D eigenvalue weighted by atomic mass is 10.1. The zero-order valence-corrected chi connectivity index (χ0v) is 13.0. The molecule has 0 aliphatic carbocycles. The Hall–Kier alpha value is -1.95. The largest absolute Gasteiger partial charge is 0.245 e. The molecule has 6 heteroatoms. The Morgan fingerprint density at radius 1 is 1.19 bits per heavy atom. The number of halogens is 1. The minimum atomic E-state index is -0.257. The van der Waals surface area contributed by atoms with E-state index in [0.717, 1.165) is 22.7 Å². The van der Waals surface area contributed by atoms with Crippen molar-refractivity contribution < 1.29 is 4.39 Å². The Morgan fingerprint density at radius 3 is 2.38 bits per heavy atom. The number of rotatable bonds is 5. The van der Waals surface area contributed by atoms with E-state index in [1.54, 1.807) is 23.9 Å². The predicted octanol–water partition coefficient (Wildman–Crippen LogP) is 3.41. The maximum atomic E-state index is 13.0. The van der Waals surface area contributed by atoms with E-state index < -0.39 is 0 Å². The summed E-state index contributed by atoms with van der Waals surface area (Å²) in [7, 11) is 0.